The Balaban J connectivity index is 1.71. The van der Waals surface area contributed by atoms with Gasteiger partial charge in [0.1, 0.15) is 0 Å². The van der Waals surface area contributed by atoms with Gasteiger partial charge in [0.05, 0.1) is 10.7 Å². The normalized spacial score (nSPS) is 27.2. The van der Waals surface area contributed by atoms with Gasteiger partial charge in [0.25, 0.3) is 0 Å². The Labute approximate surface area is 127 Å². The molecular weight excluding hydrogens is 264 g/mol. The molecule has 0 atom stereocenters. The average molecular weight is 292 g/mol. The first kappa shape index (κ1) is 14.5. The SMILES string of the molecule is CC1CCC(c2nc(C(C)C)c(CNC3CC3)s2)CC1. The third-order valence-electron chi connectivity index (χ3n) is 4.78. The van der Waals surface area contributed by atoms with Crippen LogP contribution < -0.4 is 5.32 Å². The molecule has 0 aromatic carbocycles. The minimum absolute atomic E-state index is 0.554. The van der Waals surface area contributed by atoms with Crippen LogP contribution >= 0.6 is 11.3 Å². The van der Waals surface area contributed by atoms with E-state index < -0.39 is 0 Å². The Morgan fingerprint density at radius 1 is 1.15 bits per heavy atom. The molecule has 3 rings (SSSR count). The van der Waals surface area contributed by atoms with Gasteiger partial charge >= 0.3 is 0 Å². The van der Waals surface area contributed by atoms with Gasteiger partial charge in [-0.05, 0) is 37.5 Å². The van der Waals surface area contributed by atoms with Crippen LogP contribution in [0.15, 0.2) is 0 Å². The zero-order valence-corrected chi connectivity index (χ0v) is 13.9. The lowest BCUT2D eigenvalue weighted by Gasteiger charge is -2.24. The minimum atomic E-state index is 0.554. The van der Waals surface area contributed by atoms with Crippen molar-refractivity contribution in [2.45, 2.75) is 83.7 Å². The van der Waals surface area contributed by atoms with Crippen LogP contribution in [0.3, 0.4) is 0 Å². The van der Waals surface area contributed by atoms with Gasteiger partial charge < -0.3 is 5.32 Å². The topological polar surface area (TPSA) is 24.9 Å². The van der Waals surface area contributed by atoms with Gasteiger partial charge in [-0.25, -0.2) is 4.98 Å². The zero-order chi connectivity index (χ0) is 14.1. The highest BCUT2D eigenvalue weighted by molar-refractivity contribution is 7.11. The highest BCUT2D eigenvalue weighted by atomic mass is 32.1. The van der Waals surface area contributed by atoms with Gasteiger partial charge in [-0.1, -0.05) is 33.6 Å². The maximum atomic E-state index is 5.04. The molecule has 0 saturated heterocycles. The minimum Gasteiger partial charge on any atom is -0.309 e. The predicted octanol–water partition coefficient (Wildman–Crippen LogP) is 4.81. The molecule has 2 saturated carbocycles. The van der Waals surface area contributed by atoms with Crippen molar-refractivity contribution >= 4 is 11.3 Å². The molecule has 1 N–H and O–H groups in total. The number of aromatic nitrogens is 1. The molecule has 1 aromatic heterocycles. The van der Waals surface area contributed by atoms with E-state index in [0.29, 0.717) is 5.92 Å². The molecule has 0 unspecified atom stereocenters. The van der Waals surface area contributed by atoms with Gasteiger partial charge in [-0.2, -0.15) is 0 Å². The van der Waals surface area contributed by atoms with E-state index in [1.807, 2.05) is 11.3 Å². The van der Waals surface area contributed by atoms with E-state index in [9.17, 15) is 0 Å². The monoisotopic (exact) mass is 292 g/mol. The van der Waals surface area contributed by atoms with Crippen molar-refractivity contribution in [2.75, 3.05) is 0 Å². The first-order chi connectivity index (χ1) is 9.63. The van der Waals surface area contributed by atoms with Crippen LogP contribution in [0, 0.1) is 5.92 Å². The summed E-state index contributed by atoms with van der Waals surface area (Å²) in [7, 11) is 0. The number of rotatable bonds is 5. The van der Waals surface area contributed by atoms with Crippen LogP contribution in [0.25, 0.3) is 0 Å². The fraction of sp³-hybridized carbons (Fsp3) is 0.824. The summed E-state index contributed by atoms with van der Waals surface area (Å²) in [4.78, 5) is 6.54. The Morgan fingerprint density at radius 3 is 2.45 bits per heavy atom. The van der Waals surface area contributed by atoms with Crippen molar-refractivity contribution in [3.8, 4) is 0 Å². The summed E-state index contributed by atoms with van der Waals surface area (Å²) in [6.07, 6.45) is 8.20. The molecule has 2 aliphatic carbocycles. The van der Waals surface area contributed by atoms with Gasteiger partial charge in [0, 0.05) is 23.4 Å². The second-order valence-corrected chi connectivity index (χ2v) is 8.24. The number of nitrogens with one attached hydrogen (secondary N) is 1. The third-order valence-corrected chi connectivity index (χ3v) is 6.02. The number of hydrogen-bond acceptors (Lipinski definition) is 3. The van der Waals surface area contributed by atoms with Crippen LogP contribution in [0.1, 0.15) is 86.7 Å². The summed E-state index contributed by atoms with van der Waals surface area (Å²) >= 11 is 1.99. The number of hydrogen-bond donors (Lipinski definition) is 1. The van der Waals surface area contributed by atoms with E-state index in [0.717, 1.165) is 24.4 Å². The summed E-state index contributed by atoms with van der Waals surface area (Å²) in [5, 5.41) is 5.09. The molecule has 0 spiro atoms. The van der Waals surface area contributed by atoms with Gasteiger partial charge in [-0.15, -0.1) is 11.3 Å². The molecule has 2 fully saturated rings. The predicted molar refractivity (Wildman–Crippen MR) is 86.4 cm³/mol. The Hall–Kier alpha value is -0.410. The largest absolute Gasteiger partial charge is 0.309 e. The molecular formula is C17H28N2S. The van der Waals surface area contributed by atoms with Crippen molar-refractivity contribution in [1.82, 2.24) is 10.3 Å². The molecule has 2 aliphatic rings. The van der Waals surface area contributed by atoms with Crippen LogP contribution in [0.4, 0.5) is 0 Å². The molecule has 0 bridgehead atoms. The van der Waals surface area contributed by atoms with Crippen molar-refractivity contribution in [1.29, 1.82) is 0 Å². The maximum absolute atomic E-state index is 5.04. The van der Waals surface area contributed by atoms with Crippen LogP contribution in [0.5, 0.6) is 0 Å². The van der Waals surface area contributed by atoms with Crippen molar-refractivity contribution in [2.24, 2.45) is 5.92 Å². The van der Waals surface area contributed by atoms with E-state index in [2.05, 4.69) is 26.1 Å². The van der Waals surface area contributed by atoms with Crippen molar-refractivity contribution < 1.29 is 0 Å². The van der Waals surface area contributed by atoms with Gasteiger partial charge in [-0.3, -0.25) is 0 Å². The van der Waals surface area contributed by atoms with Crippen LogP contribution in [0.2, 0.25) is 0 Å². The summed E-state index contributed by atoms with van der Waals surface area (Å²) in [6.45, 7) is 7.99. The number of nitrogens with zero attached hydrogens (tertiary/aromatic N) is 1. The summed E-state index contributed by atoms with van der Waals surface area (Å²) < 4.78 is 0. The second kappa shape index (κ2) is 6.15. The summed E-state index contributed by atoms with van der Waals surface area (Å²) in [5.74, 6) is 2.22. The Kier molecular flexibility index (Phi) is 4.46. The Morgan fingerprint density at radius 2 is 1.85 bits per heavy atom. The van der Waals surface area contributed by atoms with Crippen molar-refractivity contribution in [3.05, 3.63) is 15.6 Å². The zero-order valence-electron chi connectivity index (χ0n) is 13.1. The lowest BCUT2D eigenvalue weighted by molar-refractivity contribution is 0.347. The highest BCUT2D eigenvalue weighted by Gasteiger charge is 2.26. The molecule has 20 heavy (non-hydrogen) atoms. The van der Waals surface area contributed by atoms with Crippen LogP contribution in [-0.4, -0.2) is 11.0 Å². The van der Waals surface area contributed by atoms with E-state index in [-0.39, 0.29) is 0 Å². The average Bonchev–Trinajstić information content (AvgIpc) is 3.15. The smallest absolute Gasteiger partial charge is 0.0962 e. The third kappa shape index (κ3) is 3.43. The molecule has 2 nitrogen and oxygen atoms in total. The van der Waals surface area contributed by atoms with E-state index in [1.165, 1.54) is 54.1 Å². The fourth-order valence-corrected chi connectivity index (χ4v) is 4.51. The molecule has 112 valence electrons. The molecule has 0 amide bonds. The molecule has 1 aromatic rings. The van der Waals surface area contributed by atoms with Crippen LogP contribution in [-0.2, 0) is 6.54 Å². The second-order valence-electron chi connectivity index (χ2n) is 7.13. The van der Waals surface area contributed by atoms with E-state index in [4.69, 9.17) is 4.98 Å². The fourth-order valence-electron chi connectivity index (χ4n) is 3.17. The lowest BCUT2D eigenvalue weighted by atomic mass is 9.83. The van der Waals surface area contributed by atoms with E-state index in [1.54, 1.807) is 0 Å². The first-order valence-corrected chi connectivity index (χ1v) is 9.18. The molecule has 0 aliphatic heterocycles. The first-order valence-electron chi connectivity index (χ1n) is 8.36. The molecule has 1 heterocycles. The van der Waals surface area contributed by atoms with Gasteiger partial charge in [0.15, 0.2) is 0 Å². The Bertz CT molecular complexity index is 440. The maximum Gasteiger partial charge on any atom is 0.0962 e. The molecule has 3 heteroatoms. The number of thiazole rings is 1. The van der Waals surface area contributed by atoms with Gasteiger partial charge in [0.2, 0.25) is 0 Å². The van der Waals surface area contributed by atoms with Crippen molar-refractivity contribution in [3.63, 3.8) is 0 Å². The quantitative estimate of drug-likeness (QED) is 0.842. The highest BCUT2D eigenvalue weighted by Crippen LogP contribution is 2.39. The summed E-state index contributed by atoms with van der Waals surface area (Å²) in [6, 6.07) is 0.788. The summed E-state index contributed by atoms with van der Waals surface area (Å²) in [5.41, 5.74) is 1.36. The standard InChI is InChI=1S/C17H28N2S/c1-11(2)16-15(10-18-14-8-9-14)20-17(19-16)13-6-4-12(3)5-7-13/h11-14,18H,4-10H2,1-3H3. The molecule has 0 radical (unpaired) electrons. The van der Waals surface area contributed by atoms with E-state index >= 15 is 0 Å². The lowest BCUT2D eigenvalue weighted by Crippen LogP contribution is -2.15.